The van der Waals surface area contributed by atoms with Gasteiger partial charge in [0.15, 0.2) is 0 Å². The molecule has 6 aromatic rings. The molecule has 0 spiro atoms. The van der Waals surface area contributed by atoms with Crippen LogP contribution in [0.5, 0.6) is 11.5 Å². The Morgan fingerprint density at radius 1 is 0.460 bits per heavy atom. The lowest BCUT2D eigenvalue weighted by molar-refractivity contribution is 0.451. The number of hydrogen-bond acceptors (Lipinski definition) is 4. The maximum Gasteiger partial charge on any atom is 0.145 e. The molecule has 254 valence electrons. The second kappa shape index (κ2) is 12.0. The molecule has 2 aromatic heterocycles. The van der Waals surface area contributed by atoms with E-state index in [0.717, 1.165) is 82.9 Å². The number of rotatable bonds is 3. The molecule has 0 saturated carbocycles. The van der Waals surface area contributed by atoms with Gasteiger partial charge in [-0.05, 0) is 108 Å². The summed E-state index contributed by atoms with van der Waals surface area (Å²) in [5.41, 5.74) is 14.9. The summed E-state index contributed by atoms with van der Waals surface area (Å²) in [4.78, 5) is 10.5. The van der Waals surface area contributed by atoms with Crippen molar-refractivity contribution in [1.29, 1.82) is 0 Å². The molecule has 0 aliphatic heterocycles. The normalized spacial score (nSPS) is 14.9. The largest absolute Gasteiger partial charge is 0.505 e. The van der Waals surface area contributed by atoms with E-state index in [0.29, 0.717) is 11.0 Å². The first-order chi connectivity index (χ1) is 23.9. The van der Waals surface area contributed by atoms with Crippen molar-refractivity contribution in [3.05, 3.63) is 106 Å². The smallest absolute Gasteiger partial charge is 0.145 e. The van der Waals surface area contributed by atoms with Crippen molar-refractivity contribution in [2.75, 3.05) is 0 Å². The van der Waals surface area contributed by atoms with Crippen LogP contribution in [0.25, 0.3) is 55.4 Å². The molecule has 0 fully saturated rings. The van der Waals surface area contributed by atoms with E-state index in [9.17, 15) is 10.2 Å². The Balaban J connectivity index is 1.42. The third-order valence-electron chi connectivity index (χ3n) is 11.2. The molecule has 0 amide bonds. The summed E-state index contributed by atoms with van der Waals surface area (Å²) >= 11 is 0. The van der Waals surface area contributed by atoms with Crippen LogP contribution in [0.1, 0.15) is 101 Å². The molecule has 0 saturated heterocycles. The van der Waals surface area contributed by atoms with Crippen molar-refractivity contribution in [3.63, 3.8) is 0 Å². The fraction of sp³-hybridized carbons (Fsp3) is 0.348. The van der Waals surface area contributed by atoms with Crippen LogP contribution in [-0.2, 0) is 36.5 Å². The Kier molecular flexibility index (Phi) is 7.78. The third kappa shape index (κ3) is 5.44. The first kappa shape index (κ1) is 32.5. The van der Waals surface area contributed by atoms with E-state index in [1.54, 1.807) is 0 Å². The summed E-state index contributed by atoms with van der Waals surface area (Å²) in [5.74, 6) is 0.535. The highest BCUT2D eigenvalue weighted by Gasteiger charge is 2.28. The van der Waals surface area contributed by atoms with Gasteiger partial charge in [0.1, 0.15) is 22.5 Å². The fourth-order valence-corrected chi connectivity index (χ4v) is 8.51. The molecule has 2 heterocycles. The molecular formula is C46H48N2O2. The summed E-state index contributed by atoms with van der Waals surface area (Å²) in [6, 6.07) is 25.9. The molecule has 4 aromatic carbocycles. The number of hydrogen-bond donors (Lipinski definition) is 2. The Morgan fingerprint density at radius 3 is 1.24 bits per heavy atom. The monoisotopic (exact) mass is 660 g/mol. The highest BCUT2D eigenvalue weighted by atomic mass is 16.3. The van der Waals surface area contributed by atoms with Gasteiger partial charge in [0.25, 0.3) is 0 Å². The number of aromatic nitrogens is 2. The number of aromatic hydroxyl groups is 2. The van der Waals surface area contributed by atoms with Crippen LogP contribution in [0.3, 0.4) is 0 Å². The predicted octanol–water partition coefficient (Wildman–Crippen LogP) is 11.5. The lowest BCUT2D eigenvalue weighted by Gasteiger charge is -2.28. The molecule has 0 bridgehead atoms. The standard InChI is InChI=1S/C46H48N2O2/c1-45(2,3)35-23-17-29-19-25-37(47-41(29)43(35)49)33-21-15-27-11-7-9-13-31(27)39(33)40-32-14-10-8-12-28(32)16-22-34(40)38-26-20-30-18-24-36(46(4,5)6)44(50)42(30)48-38/h15-26,49-50H,7-14H2,1-6H3. The second-order valence-corrected chi connectivity index (χ2v) is 16.6. The van der Waals surface area contributed by atoms with Gasteiger partial charge in [-0.25, -0.2) is 9.97 Å². The molecule has 2 N–H and O–H groups in total. The van der Waals surface area contributed by atoms with Crippen LogP contribution in [0.4, 0.5) is 0 Å². The van der Waals surface area contributed by atoms with Crippen LogP contribution in [0, 0.1) is 0 Å². The number of benzene rings is 4. The maximum absolute atomic E-state index is 11.6. The molecule has 0 unspecified atom stereocenters. The Bertz CT molecular complexity index is 2160. The average Bonchev–Trinajstić information content (AvgIpc) is 3.10. The van der Waals surface area contributed by atoms with Gasteiger partial charge in [0, 0.05) is 33.0 Å². The predicted molar refractivity (Wildman–Crippen MR) is 207 cm³/mol. The molecular weight excluding hydrogens is 613 g/mol. The van der Waals surface area contributed by atoms with E-state index in [-0.39, 0.29) is 22.3 Å². The fourth-order valence-electron chi connectivity index (χ4n) is 8.51. The van der Waals surface area contributed by atoms with Gasteiger partial charge in [0.05, 0.1) is 11.4 Å². The molecule has 0 radical (unpaired) electrons. The third-order valence-corrected chi connectivity index (χ3v) is 11.2. The number of nitrogens with zero attached hydrogens (tertiary/aromatic N) is 2. The van der Waals surface area contributed by atoms with E-state index >= 15 is 0 Å². The minimum absolute atomic E-state index is 0.208. The molecule has 0 atom stereocenters. The highest BCUT2D eigenvalue weighted by molar-refractivity contribution is 5.98. The van der Waals surface area contributed by atoms with E-state index < -0.39 is 0 Å². The van der Waals surface area contributed by atoms with Crippen molar-refractivity contribution < 1.29 is 10.2 Å². The van der Waals surface area contributed by atoms with Gasteiger partial charge in [-0.15, -0.1) is 0 Å². The molecule has 2 aliphatic rings. The summed E-state index contributed by atoms with van der Waals surface area (Å²) in [5, 5.41) is 25.0. The highest BCUT2D eigenvalue weighted by Crippen LogP contribution is 2.48. The SMILES string of the molecule is CC(C)(C)c1ccc2ccc(-c3ccc4c(c3-c3c(-c5ccc6ccc(C(C)(C)C)c(O)c6n5)ccc5c3CCCC5)CCCC4)nc2c1O. The first-order valence-corrected chi connectivity index (χ1v) is 18.5. The number of phenols is 2. The summed E-state index contributed by atoms with van der Waals surface area (Å²) in [6.45, 7) is 12.8. The molecule has 2 aliphatic carbocycles. The van der Waals surface area contributed by atoms with Crippen LogP contribution in [0.2, 0.25) is 0 Å². The maximum atomic E-state index is 11.6. The van der Waals surface area contributed by atoms with Crippen LogP contribution >= 0.6 is 0 Å². The van der Waals surface area contributed by atoms with Crippen molar-refractivity contribution in [2.45, 2.75) is 104 Å². The zero-order valence-corrected chi connectivity index (χ0v) is 30.4. The lowest BCUT2D eigenvalue weighted by atomic mass is 9.76. The van der Waals surface area contributed by atoms with E-state index in [1.165, 1.54) is 46.2 Å². The summed E-state index contributed by atoms with van der Waals surface area (Å²) in [7, 11) is 0. The second-order valence-electron chi connectivity index (χ2n) is 16.6. The van der Waals surface area contributed by atoms with E-state index in [2.05, 4.69) is 102 Å². The van der Waals surface area contributed by atoms with Gasteiger partial charge >= 0.3 is 0 Å². The van der Waals surface area contributed by atoms with Crippen molar-refractivity contribution >= 4 is 21.8 Å². The van der Waals surface area contributed by atoms with Crippen molar-refractivity contribution in [3.8, 4) is 45.1 Å². The Hall–Kier alpha value is -4.70. The average molecular weight is 661 g/mol. The van der Waals surface area contributed by atoms with Crippen molar-refractivity contribution in [2.24, 2.45) is 0 Å². The van der Waals surface area contributed by atoms with Crippen LogP contribution in [0.15, 0.2) is 72.8 Å². The van der Waals surface area contributed by atoms with Gasteiger partial charge in [-0.3, -0.25) is 0 Å². The van der Waals surface area contributed by atoms with Crippen LogP contribution < -0.4 is 0 Å². The first-order valence-electron chi connectivity index (χ1n) is 18.5. The van der Waals surface area contributed by atoms with Gasteiger partial charge < -0.3 is 10.2 Å². The topological polar surface area (TPSA) is 66.2 Å². The minimum Gasteiger partial charge on any atom is -0.505 e. The van der Waals surface area contributed by atoms with Crippen LogP contribution in [-0.4, -0.2) is 20.2 Å². The molecule has 8 rings (SSSR count). The zero-order chi connectivity index (χ0) is 34.9. The number of pyridine rings is 2. The van der Waals surface area contributed by atoms with Gasteiger partial charge in [0.2, 0.25) is 0 Å². The van der Waals surface area contributed by atoms with Crippen molar-refractivity contribution in [1.82, 2.24) is 9.97 Å². The summed E-state index contributed by atoms with van der Waals surface area (Å²) < 4.78 is 0. The van der Waals surface area contributed by atoms with E-state index in [1.807, 2.05) is 12.1 Å². The Morgan fingerprint density at radius 2 is 0.840 bits per heavy atom. The van der Waals surface area contributed by atoms with Gasteiger partial charge in [-0.2, -0.15) is 0 Å². The molecule has 50 heavy (non-hydrogen) atoms. The minimum atomic E-state index is -0.208. The number of fused-ring (bicyclic) bond motifs is 4. The summed E-state index contributed by atoms with van der Waals surface area (Å²) in [6.07, 6.45) is 8.91. The lowest BCUT2D eigenvalue weighted by Crippen LogP contribution is -2.12. The number of phenolic OH excluding ortho intramolecular Hbond substituents is 2. The molecule has 4 heteroatoms. The number of aryl methyl sites for hydroxylation is 2. The quantitative estimate of drug-likeness (QED) is 0.198. The zero-order valence-electron chi connectivity index (χ0n) is 30.4. The van der Waals surface area contributed by atoms with Gasteiger partial charge in [-0.1, -0.05) is 102 Å². The molecule has 4 nitrogen and oxygen atoms in total. The van der Waals surface area contributed by atoms with E-state index in [4.69, 9.17) is 9.97 Å². The Labute approximate surface area is 296 Å².